The maximum Gasteiger partial charge on any atom is 0.249 e. The number of carbonyl (C=O) groups excluding carboxylic acids is 1. The molecule has 4 atom stereocenters. The van der Waals surface area contributed by atoms with Crippen LogP contribution in [-0.2, 0) is 4.79 Å². The van der Waals surface area contributed by atoms with Crippen LogP contribution >= 0.6 is 0 Å². The summed E-state index contributed by atoms with van der Waals surface area (Å²) in [5, 5.41) is 43.3. The van der Waals surface area contributed by atoms with Gasteiger partial charge in [-0.2, -0.15) is 0 Å². The smallest absolute Gasteiger partial charge is 0.249 e. The van der Waals surface area contributed by atoms with E-state index in [1.165, 1.54) is 141 Å². The van der Waals surface area contributed by atoms with Crippen molar-refractivity contribution < 1.29 is 25.2 Å². The molecule has 0 aromatic carbocycles. The monoisotopic (exact) mass is 680 g/mol. The Balaban J connectivity index is 3.67. The lowest BCUT2D eigenvalue weighted by Crippen LogP contribution is -2.53. The molecule has 4 unspecified atom stereocenters. The minimum atomic E-state index is -1.28. The van der Waals surface area contributed by atoms with Crippen LogP contribution in [0.25, 0.3) is 0 Å². The fraction of sp³-hybridized carbons (Fsp3) is 0.881. The van der Waals surface area contributed by atoms with Gasteiger partial charge in [0.05, 0.1) is 18.8 Å². The van der Waals surface area contributed by atoms with Crippen LogP contribution in [0.2, 0.25) is 0 Å². The zero-order chi connectivity index (χ0) is 35.3. The molecule has 0 aliphatic heterocycles. The van der Waals surface area contributed by atoms with E-state index in [4.69, 9.17) is 0 Å². The van der Waals surface area contributed by atoms with Crippen molar-refractivity contribution in [3.05, 3.63) is 24.3 Å². The van der Waals surface area contributed by atoms with Crippen molar-refractivity contribution in [2.45, 2.75) is 231 Å². The van der Waals surface area contributed by atoms with Crippen LogP contribution in [-0.4, -0.2) is 57.3 Å². The summed E-state index contributed by atoms with van der Waals surface area (Å²) < 4.78 is 0. The van der Waals surface area contributed by atoms with Gasteiger partial charge >= 0.3 is 0 Å². The van der Waals surface area contributed by atoms with Gasteiger partial charge in [-0.05, 0) is 64.2 Å². The zero-order valence-electron chi connectivity index (χ0n) is 31.7. The van der Waals surface area contributed by atoms with Gasteiger partial charge in [0, 0.05) is 0 Å². The van der Waals surface area contributed by atoms with Crippen LogP contribution in [0.5, 0.6) is 0 Å². The van der Waals surface area contributed by atoms with E-state index in [0.717, 1.165) is 32.1 Å². The lowest BCUT2D eigenvalue weighted by atomic mass is 10.00. The van der Waals surface area contributed by atoms with E-state index in [9.17, 15) is 25.2 Å². The number of hydrogen-bond acceptors (Lipinski definition) is 5. The van der Waals surface area contributed by atoms with Gasteiger partial charge in [0.1, 0.15) is 12.2 Å². The summed E-state index contributed by atoms with van der Waals surface area (Å²) in [5.41, 5.74) is 0. The molecular formula is C42H81NO5. The molecule has 0 spiro atoms. The molecule has 6 nitrogen and oxygen atoms in total. The van der Waals surface area contributed by atoms with E-state index in [1.807, 2.05) is 0 Å². The molecule has 0 aromatic rings. The maximum absolute atomic E-state index is 12.4. The molecule has 0 aliphatic carbocycles. The van der Waals surface area contributed by atoms with Crippen LogP contribution in [0, 0.1) is 0 Å². The summed E-state index contributed by atoms with van der Waals surface area (Å²) in [6.45, 7) is 3.97. The van der Waals surface area contributed by atoms with E-state index in [1.54, 1.807) is 0 Å². The molecule has 6 heteroatoms. The average Bonchev–Trinajstić information content (AvgIpc) is 3.09. The highest BCUT2D eigenvalue weighted by Crippen LogP contribution is 2.15. The second-order valence-electron chi connectivity index (χ2n) is 14.3. The number of hydrogen-bond donors (Lipinski definition) is 5. The lowest BCUT2D eigenvalue weighted by molar-refractivity contribution is -0.132. The van der Waals surface area contributed by atoms with Crippen molar-refractivity contribution in [1.82, 2.24) is 5.32 Å². The molecule has 5 N–H and O–H groups in total. The first-order valence-corrected chi connectivity index (χ1v) is 20.7. The Morgan fingerprint density at radius 1 is 0.500 bits per heavy atom. The van der Waals surface area contributed by atoms with Crippen molar-refractivity contribution in [3.63, 3.8) is 0 Å². The molecule has 48 heavy (non-hydrogen) atoms. The summed E-state index contributed by atoms with van der Waals surface area (Å²) in [5.74, 6) is -0.599. The second-order valence-corrected chi connectivity index (χ2v) is 14.3. The Hall–Kier alpha value is -1.21. The van der Waals surface area contributed by atoms with Gasteiger partial charge in [-0.25, -0.2) is 0 Å². The number of aliphatic hydroxyl groups is 4. The predicted octanol–water partition coefficient (Wildman–Crippen LogP) is 10.4. The first-order valence-electron chi connectivity index (χ1n) is 20.7. The summed E-state index contributed by atoms with van der Waals surface area (Å²) in [6.07, 6.45) is 40.9. The van der Waals surface area contributed by atoms with Crippen molar-refractivity contribution in [3.8, 4) is 0 Å². The molecule has 0 bridgehead atoms. The predicted molar refractivity (Wildman–Crippen MR) is 205 cm³/mol. The van der Waals surface area contributed by atoms with Gasteiger partial charge in [-0.3, -0.25) is 4.79 Å². The number of nitrogens with one attached hydrogen (secondary N) is 1. The Morgan fingerprint density at radius 3 is 1.29 bits per heavy atom. The SMILES string of the molecule is CCCCC/C=C/CCCC(O)C(O)C(CO)NC(=O)C(O)CCCCCCCCCC/C=C\CCCCCCCCCCCCCC. The van der Waals surface area contributed by atoms with Gasteiger partial charge in [0.25, 0.3) is 0 Å². The molecule has 0 heterocycles. The number of carbonyl (C=O) groups is 1. The number of unbranched alkanes of at least 4 members (excludes halogenated alkanes) is 24. The number of rotatable bonds is 37. The Labute approximate surface area is 297 Å². The molecule has 0 saturated carbocycles. The van der Waals surface area contributed by atoms with E-state index >= 15 is 0 Å². The second kappa shape index (κ2) is 37.1. The quantitative estimate of drug-likeness (QED) is 0.0332. The Morgan fingerprint density at radius 2 is 0.854 bits per heavy atom. The highest BCUT2D eigenvalue weighted by Gasteiger charge is 2.28. The summed E-state index contributed by atoms with van der Waals surface area (Å²) in [4.78, 5) is 12.4. The first kappa shape index (κ1) is 46.8. The van der Waals surface area contributed by atoms with Crippen LogP contribution < -0.4 is 5.32 Å². The van der Waals surface area contributed by atoms with Gasteiger partial charge in [0.15, 0.2) is 0 Å². The minimum absolute atomic E-state index is 0.360. The van der Waals surface area contributed by atoms with Gasteiger partial charge < -0.3 is 25.7 Å². The van der Waals surface area contributed by atoms with Crippen molar-refractivity contribution >= 4 is 5.91 Å². The summed E-state index contributed by atoms with van der Waals surface area (Å²) in [6, 6.07) is -0.999. The lowest BCUT2D eigenvalue weighted by Gasteiger charge is -2.27. The van der Waals surface area contributed by atoms with Crippen molar-refractivity contribution in [2.24, 2.45) is 0 Å². The molecule has 0 saturated heterocycles. The third-order valence-corrected chi connectivity index (χ3v) is 9.63. The summed E-state index contributed by atoms with van der Waals surface area (Å²) in [7, 11) is 0. The molecule has 0 fully saturated rings. The van der Waals surface area contributed by atoms with Crippen LogP contribution in [0.4, 0.5) is 0 Å². The molecule has 1 amide bonds. The Kier molecular flexibility index (Phi) is 36.1. The molecule has 0 rings (SSSR count). The fourth-order valence-corrected chi connectivity index (χ4v) is 6.28. The normalized spacial score (nSPS) is 14.5. The van der Waals surface area contributed by atoms with Gasteiger partial charge in [-0.15, -0.1) is 0 Å². The van der Waals surface area contributed by atoms with Crippen LogP contribution in [0.1, 0.15) is 206 Å². The van der Waals surface area contributed by atoms with Crippen LogP contribution in [0.3, 0.4) is 0 Å². The molecule has 0 aliphatic rings. The summed E-state index contributed by atoms with van der Waals surface area (Å²) >= 11 is 0. The molecule has 0 aromatic heterocycles. The fourth-order valence-electron chi connectivity index (χ4n) is 6.28. The largest absolute Gasteiger partial charge is 0.394 e. The number of aliphatic hydroxyl groups excluding tert-OH is 4. The maximum atomic E-state index is 12.4. The number of amides is 1. The Bertz CT molecular complexity index is 727. The topological polar surface area (TPSA) is 110 Å². The highest BCUT2D eigenvalue weighted by atomic mass is 16.3. The standard InChI is InChI=1S/C42H81NO5/c1-3-5-7-9-11-13-14-15-16-17-18-19-20-21-22-23-24-25-26-27-28-30-32-34-36-40(46)42(48)43-38(37-44)41(47)39(45)35-33-31-29-12-10-8-6-4-2/h12,21-22,29,38-41,44-47H,3-11,13-20,23-28,30-37H2,1-2H3,(H,43,48)/b22-21-,29-12+. The van der Waals surface area contributed by atoms with E-state index in [0.29, 0.717) is 19.3 Å². The molecule has 284 valence electrons. The van der Waals surface area contributed by atoms with Crippen molar-refractivity contribution in [2.75, 3.05) is 6.61 Å². The molecular weight excluding hydrogens is 598 g/mol. The van der Waals surface area contributed by atoms with E-state index in [-0.39, 0.29) is 0 Å². The minimum Gasteiger partial charge on any atom is -0.394 e. The third-order valence-electron chi connectivity index (χ3n) is 9.63. The van der Waals surface area contributed by atoms with E-state index in [2.05, 4.69) is 43.5 Å². The average molecular weight is 680 g/mol. The van der Waals surface area contributed by atoms with Gasteiger partial charge in [0.2, 0.25) is 5.91 Å². The van der Waals surface area contributed by atoms with Gasteiger partial charge in [-0.1, -0.05) is 167 Å². The third kappa shape index (κ3) is 30.8. The first-order chi connectivity index (χ1) is 23.5. The number of allylic oxidation sites excluding steroid dienone is 4. The zero-order valence-corrected chi connectivity index (χ0v) is 31.7. The highest BCUT2D eigenvalue weighted by molar-refractivity contribution is 5.80. The van der Waals surface area contributed by atoms with Crippen LogP contribution in [0.15, 0.2) is 24.3 Å². The molecule has 0 radical (unpaired) electrons. The van der Waals surface area contributed by atoms with Crippen molar-refractivity contribution in [1.29, 1.82) is 0 Å². The van der Waals surface area contributed by atoms with E-state index < -0.39 is 36.9 Å².